The third-order valence-corrected chi connectivity index (χ3v) is 3.78. The number of nitrogens with one attached hydrogen (secondary N) is 1. The van der Waals surface area contributed by atoms with Crippen LogP contribution < -0.4 is 5.32 Å². The van der Waals surface area contributed by atoms with Crippen molar-refractivity contribution in [3.8, 4) is 0 Å². The van der Waals surface area contributed by atoms with Crippen LogP contribution in [0.1, 0.15) is 25.8 Å². The van der Waals surface area contributed by atoms with Crippen molar-refractivity contribution in [3.63, 3.8) is 0 Å². The first-order chi connectivity index (χ1) is 9.19. The van der Waals surface area contributed by atoms with E-state index in [1.54, 1.807) is 19.2 Å². The van der Waals surface area contributed by atoms with Crippen molar-refractivity contribution in [1.29, 1.82) is 0 Å². The normalized spacial score (nSPS) is 14.3. The number of halogens is 1. The van der Waals surface area contributed by atoms with Crippen LogP contribution in [0.25, 0.3) is 0 Å². The lowest BCUT2D eigenvalue weighted by atomic mass is 9.86. The fourth-order valence-corrected chi connectivity index (χ4v) is 2.22. The third-order valence-electron chi connectivity index (χ3n) is 3.78. The zero-order chi connectivity index (χ0) is 14.1. The van der Waals surface area contributed by atoms with Gasteiger partial charge >= 0.3 is 0 Å². The molecule has 0 radical (unpaired) electrons. The van der Waals surface area contributed by atoms with Gasteiger partial charge in [0.25, 0.3) is 0 Å². The van der Waals surface area contributed by atoms with Crippen LogP contribution in [-0.2, 0) is 11.2 Å². The number of hydrogen-bond donors (Lipinski definition) is 1. The molecule has 2 unspecified atom stereocenters. The van der Waals surface area contributed by atoms with E-state index < -0.39 is 0 Å². The van der Waals surface area contributed by atoms with Gasteiger partial charge in [0, 0.05) is 13.7 Å². The van der Waals surface area contributed by atoms with Crippen molar-refractivity contribution >= 4 is 0 Å². The minimum Gasteiger partial charge on any atom is -0.383 e. The summed E-state index contributed by atoms with van der Waals surface area (Å²) in [6.07, 6.45) is 1.91. The SMILES string of the molecule is CCC(C)C(CNCCOC)Cc1ccccc1F. The molecule has 1 N–H and O–H groups in total. The van der Waals surface area contributed by atoms with Gasteiger partial charge in [0.05, 0.1) is 6.61 Å². The van der Waals surface area contributed by atoms with E-state index in [9.17, 15) is 4.39 Å². The molecule has 1 aromatic carbocycles. The molecule has 0 fully saturated rings. The molecule has 0 bridgehead atoms. The van der Waals surface area contributed by atoms with Crippen molar-refractivity contribution < 1.29 is 9.13 Å². The van der Waals surface area contributed by atoms with E-state index in [4.69, 9.17) is 4.74 Å². The van der Waals surface area contributed by atoms with Crippen LogP contribution >= 0.6 is 0 Å². The summed E-state index contributed by atoms with van der Waals surface area (Å²) in [4.78, 5) is 0. The quantitative estimate of drug-likeness (QED) is 0.693. The van der Waals surface area contributed by atoms with Gasteiger partial charge in [-0.3, -0.25) is 0 Å². The van der Waals surface area contributed by atoms with Gasteiger partial charge in [-0.25, -0.2) is 4.39 Å². The second-order valence-electron chi connectivity index (χ2n) is 5.14. The minimum absolute atomic E-state index is 0.0901. The zero-order valence-electron chi connectivity index (χ0n) is 12.3. The highest BCUT2D eigenvalue weighted by atomic mass is 19.1. The van der Waals surface area contributed by atoms with Crippen molar-refractivity contribution in [2.45, 2.75) is 26.7 Å². The largest absolute Gasteiger partial charge is 0.383 e. The van der Waals surface area contributed by atoms with Crippen LogP contribution in [0.2, 0.25) is 0 Å². The molecule has 2 atom stereocenters. The standard InChI is InChI=1S/C16H26FNO/c1-4-13(2)15(12-18-9-10-19-3)11-14-7-5-6-8-16(14)17/h5-8,13,15,18H,4,9-12H2,1-3H3. The molecule has 1 rings (SSSR count). The second-order valence-corrected chi connectivity index (χ2v) is 5.14. The van der Waals surface area contributed by atoms with Gasteiger partial charge in [0.2, 0.25) is 0 Å². The molecule has 0 aliphatic rings. The Kier molecular flexibility index (Phi) is 7.68. The summed E-state index contributed by atoms with van der Waals surface area (Å²) in [7, 11) is 1.70. The highest BCUT2D eigenvalue weighted by molar-refractivity contribution is 5.18. The number of hydrogen-bond acceptors (Lipinski definition) is 2. The van der Waals surface area contributed by atoms with Crippen molar-refractivity contribution in [2.24, 2.45) is 11.8 Å². The third kappa shape index (κ3) is 5.70. The van der Waals surface area contributed by atoms with Crippen molar-refractivity contribution in [2.75, 3.05) is 26.8 Å². The predicted octanol–water partition coefficient (Wildman–Crippen LogP) is 3.27. The van der Waals surface area contributed by atoms with Gasteiger partial charge in [-0.05, 0) is 36.4 Å². The Labute approximate surface area is 116 Å². The van der Waals surface area contributed by atoms with Gasteiger partial charge in [-0.2, -0.15) is 0 Å². The van der Waals surface area contributed by atoms with E-state index in [0.717, 1.165) is 31.5 Å². The summed E-state index contributed by atoms with van der Waals surface area (Å²) in [6.45, 7) is 6.90. The average molecular weight is 267 g/mol. The lowest BCUT2D eigenvalue weighted by molar-refractivity contribution is 0.195. The Morgan fingerprint density at radius 1 is 1.32 bits per heavy atom. The Morgan fingerprint density at radius 2 is 2.05 bits per heavy atom. The minimum atomic E-state index is -0.0901. The molecule has 0 amide bonds. The summed E-state index contributed by atoms with van der Waals surface area (Å²) in [5.74, 6) is 0.945. The topological polar surface area (TPSA) is 21.3 Å². The first-order valence-electron chi connectivity index (χ1n) is 7.12. The van der Waals surface area contributed by atoms with E-state index in [1.165, 1.54) is 0 Å². The highest BCUT2D eigenvalue weighted by Gasteiger charge is 2.17. The molecule has 0 heterocycles. The number of ether oxygens (including phenoxy) is 1. The second kappa shape index (κ2) is 9.05. The van der Waals surface area contributed by atoms with Gasteiger partial charge in [-0.1, -0.05) is 38.5 Å². The Morgan fingerprint density at radius 3 is 2.68 bits per heavy atom. The predicted molar refractivity (Wildman–Crippen MR) is 77.8 cm³/mol. The van der Waals surface area contributed by atoms with Crippen molar-refractivity contribution in [3.05, 3.63) is 35.6 Å². The Hall–Kier alpha value is -0.930. The molecule has 19 heavy (non-hydrogen) atoms. The molecule has 3 heteroatoms. The molecule has 0 aliphatic heterocycles. The molecular formula is C16H26FNO. The van der Waals surface area contributed by atoms with Crippen LogP contribution in [0.4, 0.5) is 4.39 Å². The van der Waals surface area contributed by atoms with E-state index in [0.29, 0.717) is 18.4 Å². The molecule has 0 spiro atoms. The Bertz CT molecular complexity index is 356. The maximum absolute atomic E-state index is 13.7. The molecule has 108 valence electrons. The van der Waals surface area contributed by atoms with Gasteiger partial charge in [0.15, 0.2) is 0 Å². The van der Waals surface area contributed by atoms with Crippen LogP contribution in [-0.4, -0.2) is 26.8 Å². The summed E-state index contributed by atoms with van der Waals surface area (Å²) in [5.41, 5.74) is 0.821. The summed E-state index contributed by atoms with van der Waals surface area (Å²) in [6, 6.07) is 7.08. The maximum Gasteiger partial charge on any atom is 0.126 e. The van der Waals surface area contributed by atoms with E-state index in [2.05, 4.69) is 19.2 Å². The summed E-state index contributed by atoms with van der Waals surface area (Å²) in [5, 5.41) is 3.39. The van der Waals surface area contributed by atoms with Crippen LogP contribution in [0, 0.1) is 17.7 Å². The zero-order valence-corrected chi connectivity index (χ0v) is 12.3. The molecule has 0 aromatic heterocycles. The van der Waals surface area contributed by atoms with E-state index in [1.807, 2.05) is 12.1 Å². The number of rotatable bonds is 9. The highest BCUT2D eigenvalue weighted by Crippen LogP contribution is 2.21. The van der Waals surface area contributed by atoms with Gasteiger partial charge in [-0.15, -0.1) is 0 Å². The monoisotopic (exact) mass is 267 g/mol. The van der Waals surface area contributed by atoms with Crippen molar-refractivity contribution in [1.82, 2.24) is 5.32 Å². The lowest BCUT2D eigenvalue weighted by Gasteiger charge is -2.24. The first kappa shape index (κ1) is 16.1. The summed E-state index contributed by atoms with van der Waals surface area (Å²) < 4.78 is 18.7. The lowest BCUT2D eigenvalue weighted by Crippen LogP contribution is -2.31. The molecule has 2 nitrogen and oxygen atoms in total. The van der Waals surface area contributed by atoms with E-state index in [-0.39, 0.29) is 5.82 Å². The fourth-order valence-electron chi connectivity index (χ4n) is 2.22. The molecule has 0 aliphatic carbocycles. The van der Waals surface area contributed by atoms with Crippen LogP contribution in [0.3, 0.4) is 0 Å². The fraction of sp³-hybridized carbons (Fsp3) is 0.625. The number of methoxy groups -OCH3 is 1. The molecule has 0 saturated heterocycles. The van der Waals surface area contributed by atoms with Crippen LogP contribution in [0.5, 0.6) is 0 Å². The first-order valence-corrected chi connectivity index (χ1v) is 7.12. The average Bonchev–Trinajstić information content (AvgIpc) is 2.43. The summed E-state index contributed by atoms with van der Waals surface area (Å²) >= 11 is 0. The molecular weight excluding hydrogens is 241 g/mol. The Balaban J connectivity index is 2.56. The van der Waals surface area contributed by atoms with Gasteiger partial charge in [0.1, 0.15) is 5.82 Å². The van der Waals surface area contributed by atoms with E-state index >= 15 is 0 Å². The number of benzene rings is 1. The molecule has 1 aromatic rings. The maximum atomic E-state index is 13.7. The molecule has 0 saturated carbocycles. The van der Waals surface area contributed by atoms with Gasteiger partial charge < -0.3 is 10.1 Å². The van der Waals surface area contributed by atoms with Crippen LogP contribution in [0.15, 0.2) is 24.3 Å². The smallest absolute Gasteiger partial charge is 0.126 e.